The number of carbonyl (C=O) groups is 1. The quantitative estimate of drug-likeness (QED) is 0.731. The summed E-state index contributed by atoms with van der Waals surface area (Å²) < 4.78 is 5.50. The Morgan fingerprint density at radius 2 is 2.38 bits per heavy atom. The van der Waals surface area contributed by atoms with Crippen molar-refractivity contribution in [2.45, 2.75) is 45.1 Å². The first kappa shape index (κ1) is 10.5. The van der Waals surface area contributed by atoms with E-state index in [1.54, 1.807) is 0 Å². The average molecular weight is 186 g/mol. The molecule has 1 rings (SSSR count). The third-order valence-electron chi connectivity index (χ3n) is 2.66. The van der Waals surface area contributed by atoms with Crippen molar-refractivity contribution < 1.29 is 14.6 Å². The van der Waals surface area contributed by atoms with Crippen LogP contribution in [0.15, 0.2) is 0 Å². The van der Waals surface area contributed by atoms with Crippen LogP contribution in [0, 0.1) is 5.92 Å². The fourth-order valence-electron chi connectivity index (χ4n) is 1.75. The van der Waals surface area contributed by atoms with Crippen LogP contribution in [0.3, 0.4) is 0 Å². The van der Waals surface area contributed by atoms with Crippen LogP contribution in [0.5, 0.6) is 0 Å². The molecule has 1 aliphatic rings. The van der Waals surface area contributed by atoms with E-state index in [0.29, 0.717) is 12.8 Å². The Balaban J connectivity index is 2.31. The van der Waals surface area contributed by atoms with Gasteiger partial charge in [-0.2, -0.15) is 0 Å². The zero-order valence-corrected chi connectivity index (χ0v) is 8.16. The number of rotatable bonds is 4. The standard InChI is InChI=1S/C10H18O3/c1-2-8(10(11)12)7-9-5-3-4-6-13-9/h8-9H,2-7H2,1H3,(H,11,12). The molecule has 2 unspecified atom stereocenters. The molecule has 0 bridgehead atoms. The summed E-state index contributed by atoms with van der Waals surface area (Å²) in [5.74, 6) is -0.903. The molecule has 1 fully saturated rings. The van der Waals surface area contributed by atoms with E-state index in [-0.39, 0.29) is 12.0 Å². The van der Waals surface area contributed by atoms with Gasteiger partial charge in [0.15, 0.2) is 0 Å². The molecule has 2 atom stereocenters. The van der Waals surface area contributed by atoms with Crippen molar-refractivity contribution in [2.75, 3.05) is 6.61 Å². The highest BCUT2D eigenvalue weighted by Gasteiger charge is 2.22. The van der Waals surface area contributed by atoms with E-state index in [0.717, 1.165) is 19.4 Å². The lowest BCUT2D eigenvalue weighted by Gasteiger charge is -2.24. The molecule has 1 heterocycles. The van der Waals surface area contributed by atoms with Gasteiger partial charge in [0.2, 0.25) is 0 Å². The number of hydrogen-bond donors (Lipinski definition) is 1. The molecular formula is C10H18O3. The van der Waals surface area contributed by atoms with E-state index in [1.165, 1.54) is 6.42 Å². The van der Waals surface area contributed by atoms with E-state index >= 15 is 0 Å². The Morgan fingerprint density at radius 1 is 1.62 bits per heavy atom. The Labute approximate surface area is 79.1 Å². The molecule has 76 valence electrons. The molecule has 0 aliphatic carbocycles. The number of carboxylic acid groups (broad SMARTS) is 1. The molecule has 1 aliphatic heterocycles. The number of carboxylic acids is 1. The summed E-state index contributed by atoms with van der Waals surface area (Å²) in [6.07, 6.45) is 4.92. The molecule has 0 saturated carbocycles. The number of ether oxygens (including phenoxy) is 1. The van der Waals surface area contributed by atoms with Crippen LogP contribution in [0.25, 0.3) is 0 Å². The third kappa shape index (κ3) is 3.35. The van der Waals surface area contributed by atoms with Crippen molar-refractivity contribution in [1.29, 1.82) is 0 Å². The first-order valence-electron chi connectivity index (χ1n) is 5.08. The fraction of sp³-hybridized carbons (Fsp3) is 0.900. The van der Waals surface area contributed by atoms with Gasteiger partial charge in [0.25, 0.3) is 0 Å². The van der Waals surface area contributed by atoms with Crippen molar-refractivity contribution in [2.24, 2.45) is 5.92 Å². The molecular weight excluding hydrogens is 168 g/mol. The summed E-state index contributed by atoms with van der Waals surface area (Å²) in [6.45, 7) is 2.72. The van der Waals surface area contributed by atoms with Crippen LogP contribution in [0.1, 0.15) is 39.0 Å². The monoisotopic (exact) mass is 186 g/mol. The lowest BCUT2D eigenvalue weighted by molar-refractivity contribution is -0.143. The maximum absolute atomic E-state index is 10.7. The molecule has 0 aromatic heterocycles. The van der Waals surface area contributed by atoms with Crippen LogP contribution in [0.2, 0.25) is 0 Å². The lowest BCUT2D eigenvalue weighted by Crippen LogP contribution is -2.25. The summed E-state index contributed by atoms with van der Waals surface area (Å²) in [5, 5.41) is 8.85. The van der Waals surface area contributed by atoms with Crippen molar-refractivity contribution in [3.05, 3.63) is 0 Å². The van der Waals surface area contributed by atoms with Crippen molar-refractivity contribution >= 4 is 5.97 Å². The second-order valence-corrected chi connectivity index (χ2v) is 3.67. The number of aliphatic carboxylic acids is 1. The summed E-state index contributed by atoms with van der Waals surface area (Å²) in [5.41, 5.74) is 0. The van der Waals surface area contributed by atoms with Crippen LogP contribution in [-0.2, 0) is 9.53 Å². The van der Waals surface area contributed by atoms with E-state index in [1.807, 2.05) is 6.92 Å². The van der Waals surface area contributed by atoms with Gasteiger partial charge >= 0.3 is 5.97 Å². The molecule has 1 saturated heterocycles. The topological polar surface area (TPSA) is 46.5 Å². The van der Waals surface area contributed by atoms with Crippen molar-refractivity contribution in [1.82, 2.24) is 0 Å². The molecule has 13 heavy (non-hydrogen) atoms. The van der Waals surface area contributed by atoms with Gasteiger partial charge in [-0.25, -0.2) is 0 Å². The highest BCUT2D eigenvalue weighted by Crippen LogP contribution is 2.21. The predicted octanol–water partition coefficient (Wildman–Crippen LogP) is 2.06. The Kier molecular flexibility index (Phi) is 4.22. The highest BCUT2D eigenvalue weighted by atomic mass is 16.5. The zero-order valence-electron chi connectivity index (χ0n) is 8.16. The first-order chi connectivity index (χ1) is 6.24. The summed E-state index contributed by atoms with van der Waals surface area (Å²) in [7, 11) is 0. The summed E-state index contributed by atoms with van der Waals surface area (Å²) >= 11 is 0. The summed E-state index contributed by atoms with van der Waals surface area (Å²) in [6, 6.07) is 0. The lowest BCUT2D eigenvalue weighted by atomic mass is 9.95. The molecule has 0 aromatic carbocycles. The molecule has 3 nitrogen and oxygen atoms in total. The maximum Gasteiger partial charge on any atom is 0.306 e. The minimum absolute atomic E-state index is 0.190. The van der Waals surface area contributed by atoms with Crippen molar-refractivity contribution in [3.63, 3.8) is 0 Å². The molecule has 1 N–H and O–H groups in total. The summed E-state index contributed by atoms with van der Waals surface area (Å²) in [4.78, 5) is 10.7. The van der Waals surface area contributed by atoms with Gasteiger partial charge in [-0.3, -0.25) is 4.79 Å². The van der Waals surface area contributed by atoms with Gasteiger partial charge in [0.05, 0.1) is 12.0 Å². The molecule has 0 radical (unpaired) electrons. The Morgan fingerprint density at radius 3 is 2.85 bits per heavy atom. The van der Waals surface area contributed by atoms with Crippen LogP contribution in [-0.4, -0.2) is 23.8 Å². The van der Waals surface area contributed by atoms with E-state index in [9.17, 15) is 4.79 Å². The zero-order chi connectivity index (χ0) is 9.68. The minimum atomic E-state index is -0.684. The second-order valence-electron chi connectivity index (χ2n) is 3.67. The molecule has 0 spiro atoms. The highest BCUT2D eigenvalue weighted by molar-refractivity contribution is 5.69. The van der Waals surface area contributed by atoms with Gasteiger partial charge in [-0.05, 0) is 32.1 Å². The van der Waals surface area contributed by atoms with E-state index in [2.05, 4.69) is 0 Å². The van der Waals surface area contributed by atoms with Crippen LogP contribution >= 0.6 is 0 Å². The molecule has 0 amide bonds. The van der Waals surface area contributed by atoms with Crippen LogP contribution < -0.4 is 0 Å². The maximum atomic E-state index is 10.7. The minimum Gasteiger partial charge on any atom is -0.481 e. The molecule has 3 heteroatoms. The number of hydrogen-bond acceptors (Lipinski definition) is 2. The van der Waals surface area contributed by atoms with Gasteiger partial charge in [0.1, 0.15) is 0 Å². The van der Waals surface area contributed by atoms with Crippen LogP contribution in [0.4, 0.5) is 0 Å². The van der Waals surface area contributed by atoms with Gasteiger partial charge in [-0.1, -0.05) is 6.92 Å². The normalized spacial score (nSPS) is 25.5. The van der Waals surface area contributed by atoms with E-state index < -0.39 is 5.97 Å². The molecule has 0 aromatic rings. The SMILES string of the molecule is CCC(CC1CCCCO1)C(=O)O. The van der Waals surface area contributed by atoms with Gasteiger partial charge in [0, 0.05) is 6.61 Å². The third-order valence-corrected chi connectivity index (χ3v) is 2.66. The Hall–Kier alpha value is -0.570. The van der Waals surface area contributed by atoms with E-state index in [4.69, 9.17) is 9.84 Å². The van der Waals surface area contributed by atoms with Crippen molar-refractivity contribution in [3.8, 4) is 0 Å². The largest absolute Gasteiger partial charge is 0.481 e. The second kappa shape index (κ2) is 5.22. The first-order valence-corrected chi connectivity index (χ1v) is 5.08. The smallest absolute Gasteiger partial charge is 0.306 e. The van der Waals surface area contributed by atoms with Gasteiger partial charge < -0.3 is 9.84 Å². The predicted molar refractivity (Wildman–Crippen MR) is 49.6 cm³/mol. The fourth-order valence-corrected chi connectivity index (χ4v) is 1.75. The average Bonchev–Trinajstić information content (AvgIpc) is 2.15. The van der Waals surface area contributed by atoms with Gasteiger partial charge in [-0.15, -0.1) is 0 Å². The Bertz CT molecular complexity index is 162.